The molecule has 0 spiro atoms. The van der Waals surface area contributed by atoms with E-state index in [0.29, 0.717) is 0 Å². The number of hydrogen-bond donors (Lipinski definition) is 0. The normalized spacial score (nSPS) is 10.0. The van der Waals surface area contributed by atoms with Crippen LogP contribution < -0.4 is 0 Å². The largest absolute Gasteiger partial charge is 0.467 e. The molecule has 0 aromatic carbocycles. The first kappa shape index (κ1) is 12.9. The van der Waals surface area contributed by atoms with Gasteiger partial charge in [-0.05, 0) is 6.92 Å². The van der Waals surface area contributed by atoms with Gasteiger partial charge in [0.2, 0.25) is 0 Å². The Morgan fingerprint density at radius 1 is 1.00 bits per heavy atom. The summed E-state index contributed by atoms with van der Waals surface area (Å²) in [5, 5.41) is 0. The lowest BCUT2D eigenvalue weighted by molar-refractivity contribution is -0.175. The molecule has 0 aliphatic carbocycles. The Kier molecular flexibility index (Phi) is 6.69. The minimum Gasteiger partial charge on any atom is -0.467 e. The molecule has 14 heavy (non-hydrogen) atoms. The van der Waals surface area contributed by atoms with Gasteiger partial charge < -0.3 is 18.9 Å². The first-order chi connectivity index (χ1) is 6.60. The Bertz CT molecular complexity index is 170. The maximum Gasteiger partial charge on any atom is 0.331 e. The van der Waals surface area contributed by atoms with Crippen LogP contribution in [0.5, 0.6) is 0 Å². The van der Waals surface area contributed by atoms with Gasteiger partial charge in [-0.15, -0.1) is 0 Å². The summed E-state index contributed by atoms with van der Waals surface area (Å²) in [6, 6.07) is 0. The highest BCUT2D eigenvalue weighted by atomic mass is 16.7. The molecule has 82 valence electrons. The van der Waals surface area contributed by atoms with E-state index >= 15 is 0 Å². The van der Waals surface area contributed by atoms with Crippen LogP contribution in [0.15, 0.2) is 0 Å². The van der Waals surface area contributed by atoms with Gasteiger partial charge in [0, 0.05) is 0 Å². The molecule has 0 N–H and O–H groups in total. The third-order valence-electron chi connectivity index (χ3n) is 1.33. The van der Waals surface area contributed by atoms with Crippen LogP contribution in [-0.2, 0) is 28.5 Å². The van der Waals surface area contributed by atoms with Crippen molar-refractivity contribution in [2.45, 2.75) is 13.2 Å². The lowest BCUT2D eigenvalue weighted by Gasteiger charge is -2.11. The zero-order valence-corrected chi connectivity index (χ0v) is 8.44. The van der Waals surface area contributed by atoms with E-state index in [1.165, 1.54) is 14.2 Å². The van der Waals surface area contributed by atoms with Crippen LogP contribution in [-0.4, -0.2) is 45.7 Å². The van der Waals surface area contributed by atoms with Crippen molar-refractivity contribution in [1.82, 2.24) is 0 Å². The molecular formula is C8H14O6. The molecule has 0 atom stereocenters. The Hall–Kier alpha value is -1.14. The third-order valence-corrected chi connectivity index (χ3v) is 1.33. The van der Waals surface area contributed by atoms with Crippen molar-refractivity contribution in [1.29, 1.82) is 0 Å². The van der Waals surface area contributed by atoms with Crippen molar-refractivity contribution in [2.75, 3.05) is 27.4 Å². The molecule has 0 amide bonds. The fraction of sp³-hybridized carbons (Fsp3) is 0.750. The monoisotopic (exact) mass is 206 g/mol. The zero-order chi connectivity index (χ0) is 11.0. The fourth-order valence-electron chi connectivity index (χ4n) is 0.537. The summed E-state index contributed by atoms with van der Waals surface area (Å²) >= 11 is 0. The molecule has 0 aliphatic rings. The van der Waals surface area contributed by atoms with Gasteiger partial charge in [0.1, 0.15) is 13.2 Å². The summed E-state index contributed by atoms with van der Waals surface area (Å²) in [6.45, 7) is 1.14. The molecule has 0 aromatic rings. The first-order valence-corrected chi connectivity index (χ1v) is 3.97. The van der Waals surface area contributed by atoms with Gasteiger partial charge in [-0.25, -0.2) is 9.59 Å². The Balaban J connectivity index is 3.50. The Labute approximate surface area is 82.1 Å². The van der Waals surface area contributed by atoms with Crippen molar-refractivity contribution in [3.05, 3.63) is 0 Å². The first-order valence-electron chi connectivity index (χ1n) is 3.97. The number of carbonyl (C=O) groups excluding carboxylic acids is 2. The molecule has 0 saturated carbocycles. The van der Waals surface area contributed by atoms with Gasteiger partial charge in [-0.3, -0.25) is 0 Å². The molecule has 0 fully saturated rings. The maximum absolute atomic E-state index is 10.6. The smallest absolute Gasteiger partial charge is 0.331 e. The van der Waals surface area contributed by atoms with Crippen LogP contribution in [0.25, 0.3) is 0 Å². The van der Waals surface area contributed by atoms with E-state index in [1.807, 2.05) is 0 Å². The number of methoxy groups -OCH3 is 2. The lowest BCUT2D eigenvalue weighted by atomic mass is 10.6. The van der Waals surface area contributed by atoms with Crippen molar-refractivity contribution >= 4 is 11.9 Å². The van der Waals surface area contributed by atoms with Crippen LogP contribution in [0.4, 0.5) is 0 Å². The highest BCUT2D eigenvalue weighted by Crippen LogP contribution is 1.94. The zero-order valence-electron chi connectivity index (χ0n) is 8.44. The Morgan fingerprint density at radius 2 is 1.36 bits per heavy atom. The molecule has 0 unspecified atom stereocenters. The van der Waals surface area contributed by atoms with Gasteiger partial charge >= 0.3 is 11.9 Å². The van der Waals surface area contributed by atoms with E-state index in [-0.39, 0.29) is 13.2 Å². The SMILES string of the molecule is COC(=O)COC(C)OCC(=O)OC. The summed E-state index contributed by atoms with van der Waals surface area (Å²) in [5.74, 6) is -1.00. The standard InChI is InChI=1S/C8H14O6/c1-6(13-4-7(9)11-2)14-5-8(10)12-3/h6H,4-5H2,1-3H3. The van der Waals surface area contributed by atoms with E-state index in [2.05, 4.69) is 9.47 Å². The molecule has 6 nitrogen and oxygen atoms in total. The van der Waals surface area contributed by atoms with Gasteiger partial charge in [0.15, 0.2) is 6.29 Å². The molecule has 0 aliphatic heterocycles. The summed E-state index contributed by atoms with van der Waals surface area (Å²) in [7, 11) is 2.51. The van der Waals surface area contributed by atoms with Crippen LogP contribution in [0.3, 0.4) is 0 Å². The van der Waals surface area contributed by atoms with Crippen LogP contribution in [0.1, 0.15) is 6.92 Å². The van der Waals surface area contributed by atoms with Crippen LogP contribution in [0.2, 0.25) is 0 Å². The van der Waals surface area contributed by atoms with E-state index in [1.54, 1.807) is 6.92 Å². The third kappa shape index (κ3) is 6.38. The molecule has 0 bridgehead atoms. The quantitative estimate of drug-likeness (QED) is 0.439. The molecule has 0 aromatic heterocycles. The number of ether oxygens (including phenoxy) is 4. The second-order valence-corrected chi connectivity index (χ2v) is 2.34. The lowest BCUT2D eigenvalue weighted by Crippen LogP contribution is -2.22. The minimum atomic E-state index is -0.659. The van der Waals surface area contributed by atoms with Gasteiger partial charge in [-0.1, -0.05) is 0 Å². The molecule has 0 heterocycles. The summed E-state index contributed by atoms with van der Waals surface area (Å²) in [4.78, 5) is 21.2. The second kappa shape index (κ2) is 7.28. The molecule has 6 heteroatoms. The maximum atomic E-state index is 10.6. The molecule has 0 radical (unpaired) electrons. The molecular weight excluding hydrogens is 192 g/mol. The second-order valence-electron chi connectivity index (χ2n) is 2.34. The van der Waals surface area contributed by atoms with Gasteiger partial charge in [0.25, 0.3) is 0 Å². The topological polar surface area (TPSA) is 71.1 Å². The predicted octanol–water partition coefficient (Wildman–Crippen LogP) is -0.288. The average Bonchev–Trinajstić information content (AvgIpc) is 2.22. The number of esters is 2. The summed E-state index contributed by atoms with van der Waals surface area (Å²) in [5.41, 5.74) is 0. The predicted molar refractivity (Wildman–Crippen MR) is 45.4 cm³/mol. The summed E-state index contributed by atoms with van der Waals surface area (Å²) < 4.78 is 18.4. The Morgan fingerprint density at radius 3 is 1.64 bits per heavy atom. The van der Waals surface area contributed by atoms with Crippen LogP contribution >= 0.6 is 0 Å². The molecule has 0 saturated heterocycles. The van der Waals surface area contributed by atoms with Crippen LogP contribution in [0, 0.1) is 0 Å². The number of hydrogen-bond acceptors (Lipinski definition) is 6. The van der Waals surface area contributed by atoms with Crippen molar-refractivity contribution in [3.63, 3.8) is 0 Å². The van der Waals surface area contributed by atoms with Gasteiger partial charge in [-0.2, -0.15) is 0 Å². The average molecular weight is 206 g/mol. The number of carbonyl (C=O) groups is 2. The van der Waals surface area contributed by atoms with E-state index < -0.39 is 18.2 Å². The molecule has 0 rings (SSSR count). The fourth-order valence-corrected chi connectivity index (χ4v) is 0.537. The minimum absolute atomic E-state index is 0.209. The number of rotatable bonds is 6. The van der Waals surface area contributed by atoms with Gasteiger partial charge in [0.05, 0.1) is 14.2 Å². The summed E-state index contributed by atoms with van der Waals surface area (Å²) in [6.07, 6.45) is -0.659. The van der Waals surface area contributed by atoms with Crippen molar-refractivity contribution in [2.24, 2.45) is 0 Å². The highest BCUT2D eigenvalue weighted by molar-refractivity contribution is 5.70. The van der Waals surface area contributed by atoms with E-state index in [0.717, 1.165) is 0 Å². The van der Waals surface area contributed by atoms with E-state index in [4.69, 9.17) is 9.47 Å². The van der Waals surface area contributed by atoms with E-state index in [9.17, 15) is 9.59 Å². The van der Waals surface area contributed by atoms with Crippen molar-refractivity contribution < 1.29 is 28.5 Å². The highest BCUT2D eigenvalue weighted by Gasteiger charge is 2.09. The van der Waals surface area contributed by atoms with Crippen molar-refractivity contribution in [3.8, 4) is 0 Å².